The number of aliphatic hydroxyl groups is 1. The molecule has 3 aromatic carbocycles. The smallest absolute Gasteiger partial charge is 0.407 e. The van der Waals surface area contributed by atoms with Gasteiger partial charge >= 0.3 is 6.09 Å². The van der Waals surface area contributed by atoms with Gasteiger partial charge in [0.25, 0.3) is 0 Å². The van der Waals surface area contributed by atoms with Crippen LogP contribution in [-0.4, -0.2) is 123 Å². The van der Waals surface area contributed by atoms with Gasteiger partial charge in [-0.25, -0.2) is 18.2 Å². The molecule has 0 radical (unpaired) electrons. The van der Waals surface area contributed by atoms with Crippen molar-refractivity contribution in [2.24, 2.45) is 22.4 Å². The predicted molar refractivity (Wildman–Crippen MR) is 300 cm³/mol. The molecule has 0 aromatic heterocycles. The van der Waals surface area contributed by atoms with Gasteiger partial charge in [0.2, 0.25) is 15.9 Å². The van der Waals surface area contributed by atoms with Gasteiger partial charge in [-0.1, -0.05) is 115 Å². The highest BCUT2D eigenvalue weighted by atomic mass is 32.2. The third-order valence-corrected chi connectivity index (χ3v) is 13.4. The van der Waals surface area contributed by atoms with Gasteiger partial charge in [0, 0.05) is 69.4 Å². The lowest BCUT2D eigenvalue weighted by atomic mass is 10.0. The summed E-state index contributed by atoms with van der Waals surface area (Å²) in [6, 6.07) is 23.1. The molecule has 72 heavy (non-hydrogen) atoms. The zero-order chi connectivity index (χ0) is 53.4. The summed E-state index contributed by atoms with van der Waals surface area (Å²) in [5.41, 5.74) is 15.6. The molecule has 0 unspecified atom stereocenters. The van der Waals surface area contributed by atoms with Crippen molar-refractivity contribution in [1.29, 1.82) is 0 Å². The van der Waals surface area contributed by atoms with Crippen molar-refractivity contribution in [3.8, 4) is 11.1 Å². The third-order valence-electron chi connectivity index (χ3n) is 11.6. The van der Waals surface area contributed by atoms with Crippen molar-refractivity contribution in [1.82, 2.24) is 24.7 Å². The topological polar surface area (TPSA) is 196 Å². The Morgan fingerprint density at radius 1 is 0.778 bits per heavy atom. The number of aliphatic hydroxyl groups excluding tert-OH is 1. The molecule has 0 atom stereocenters. The normalized spacial score (nSPS) is 13.6. The zero-order valence-corrected chi connectivity index (χ0v) is 46.5. The van der Waals surface area contributed by atoms with Crippen LogP contribution in [0.4, 0.5) is 10.5 Å². The Bertz CT molecular complexity index is 2150. The van der Waals surface area contributed by atoms with Crippen LogP contribution in [0.1, 0.15) is 144 Å². The highest BCUT2D eigenvalue weighted by molar-refractivity contribution is 7.89. The van der Waals surface area contributed by atoms with Gasteiger partial charge in [-0.15, -0.1) is 0 Å². The fraction of sp³-hybridized carbons (Fsp3) is 0.596. The first-order valence-corrected chi connectivity index (χ1v) is 28.3. The molecule has 1 saturated heterocycles. The molecule has 14 nitrogen and oxygen atoms in total. The summed E-state index contributed by atoms with van der Waals surface area (Å²) in [5.74, 6) is 0.142. The summed E-state index contributed by atoms with van der Waals surface area (Å²) in [6.07, 6.45) is 13.0. The van der Waals surface area contributed by atoms with E-state index in [1.807, 2.05) is 37.3 Å². The second-order valence-electron chi connectivity index (χ2n) is 19.6. The van der Waals surface area contributed by atoms with Crippen LogP contribution in [0, 0.1) is 5.92 Å². The summed E-state index contributed by atoms with van der Waals surface area (Å²) in [5, 5.41) is 15.3. The first-order chi connectivity index (χ1) is 34.5. The number of ether oxygens (including phenoxy) is 1. The minimum absolute atomic E-state index is 0.0269. The lowest BCUT2D eigenvalue weighted by Crippen LogP contribution is -2.51. The van der Waals surface area contributed by atoms with Crippen molar-refractivity contribution >= 4 is 39.6 Å². The van der Waals surface area contributed by atoms with E-state index in [-0.39, 0.29) is 29.7 Å². The van der Waals surface area contributed by atoms with Crippen LogP contribution >= 0.6 is 0 Å². The number of nitrogens with one attached hydrogen (secondary N) is 2. The number of sulfonamides is 1. The van der Waals surface area contributed by atoms with Crippen molar-refractivity contribution in [3.63, 3.8) is 0 Å². The number of amides is 2. The number of amidine groups is 1. The van der Waals surface area contributed by atoms with Crippen LogP contribution in [0.25, 0.3) is 17.2 Å². The number of carbonyl (C=O) groups excluding carboxylic acids is 2. The number of benzene rings is 3. The zero-order valence-electron chi connectivity index (χ0n) is 45.7. The summed E-state index contributed by atoms with van der Waals surface area (Å²) < 4.78 is 32.8. The summed E-state index contributed by atoms with van der Waals surface area (Å²) in [7, 11) is -3.66. The van der Waals surface area contributed by atoms with E-state index >= 15 is 0 Å². The van der Waals surface area contributed by atoms with Crippen LogP contribution in [-0.2, 0) is 26.1 Å². The fourth-order valence-corrected chi connectivity index (χ4v) is 9.35. The van der Waals surface area contributed by atoms with E-state index in [1.54, 1.807) is 43.9 Å². The minimum atomic E-state index is -3.66. The highest BCUT2D eigenvalue weighted by Crippen LogP contribution is 2.34. The lowest BCUT2D eigenvalue weighted by Gasteiger charge is -2.36. The van der Waals surface area contributed by atoms with Crippen molar-refractivity contribution in [2.75, 3.05) is 72.1 Å². The van der Waals surface area contributed by atoms with Gasteiger partial charge in [-0.2, -0.15) is 4.31 Å². The molecular weight excluding hydrogens is 925 g/mol. The lowest BCUT2D eigenvalue weighted by molar-refractivity contribution is -0.127. The molecule has 404 valence electrons. The van der Waals surface area contributed by atoms with Crippen molar-refractivity contribution in [2.45, 2.75) is 150 Å². The molecule has 0 bridgehead atoms. The van der Waals surface area contributed by atoms with Crippen molar-refractivity contribution in [3.05, 3.63) is 89.5 Å². The average molecular weight is 1020 g/mol. The van der Waals surface area contributed by atoms with E-state index in [1.165, 1.54) is 87.4 Å². The van der Waals surface area contributed by atoms with Gasteiger partial charge in [0.15, 0.2) is 0 Å². The van der Waals surface area contributed by atoms with Crippen molar-refractivity contribution < 1.29 is 27.9 Å². The number of nitrogens with zero attached hydrogens (tertiary/aromatic N) is 4. The first-order valence-electron chi connectivity index (χ1n) is 26.8. The summed E-state index contributed by atoms with van der Waals surface area (Å²) in [4.78, 5) is 34.7. The maximum Gasteiger partial charge on any atom is 0.407 e. The Labute approximate surface area is 435 Å². The third kappa shape index (κ3) is 24.4. The number of nitrogens with two attached hydrogens (primary N) is 2. The van der Waals surface area contributed by atoms with Gasteiger partial charge in [-0.05, 0) is 139 Å². The number of hydrogen-bond donors (Lipinski definition) is 5. The summed E-state index contributed by atoms with van der Waals surface area (Å²) in [6.45, 7) is 27.2. The van der Waals surface area contributed by atoms with E-state index in [9.17, 15) is 23.1 Å². The molecule has 0 spiro atoms. The monoisotopic (exact) mass is 1020 g/mol. The highest BCUT2D eigenvalue weighted by Gasteiger charge is 2.36. The molecule has 2 heterocycles. The average Bonchev–Trinajstić information content (AvgIpc) is 3.51. The molecule has 7 N–H and O–H groups in total. The largest absolute Gasteiger partial charge is 0.444 e. The first kappa shape index (κ1) is 63.5. The fourth-order valence-electron chi connectivity index (χ4n) is 7.71. The molecule has 2 aliphatic rings. The van der Waals surface area contributed by atoms with E-state index < -0.39 is 21.7 Å². The SMILES string of the molecule is CCCCN.CCCCN(CCC)Cc1ccccc1.CCCCNCCC.CCCN(CCCNC(=O)OC(C)(C)C)C(=O)C1=Cc2ccc(-c3cccc(S(=O)(=O)N4CC(CO)C4)c3)cc2N=C(N)C1. The number of fused-ring (bicyclic) bond motifs is 1. The number of hydrogen-bond acceptors (Lipinski definition) is 11. The van der Waals surface area contributed by atoms with Gasteiger partial charge < -0.3 is 36.8 Å². The van der Waals surface area contributed by atoms with Crippen LogP contribution < -0.4 is 22.1 Å². The molecule has 1 fully saturated rings. The Kier molecular flexibility index (Phi) is 31.3. The maximum atomic E-state index is 13.6. The Balaban J connectivity index is 0.000000514. The summed E-state index contributed by atoms with van der Waals surface area (Å²) >= 11 is 0. The van der Waals surface area contributed by atoms with Crippen LogP contribution in [0.15, 0.2) is 88.3 Å². The molecule has 0 saturated carbocycles. The molecular formula is C57H94N8O6S. The standard InChI is InChI=1S/C32H43N5O6S.C14H23N.C7H17N.C4H11N/c1-5-13-36(14-7-12-34-31(40)43-32(2,3)4)30(39)26-15-25-11-10-24(17-28(25)35-29(33)18-26)23-8-6-9-27(16-23)44(41,42)37-19-22(20-37)21-38;1-3-5-12-15(11-4-2)13-14-9-7-6-8-10-14;1-3-5-7-8-6-4-2;1-2-3-4-5/h6,8-11,15-17,22,38H,5,7,12-14,18-21H2,1-4H3,(H2,33,35)(H,34,40);6-10H,3-5,11-13H2,1-2H3;8H,3-7H2,1-2H3;2-5H2,1H3. The quantitative estimate of drug-likeness (QED) is 0.0510. The van der Waals surface area contributed by atoms with Crippen LogP contribution in [0.5, 0.6) is 0 Å². The van der Waals surface area contributed by atoms with Gasteiger partial charge in [0.05, 0.1) is 10.6 Å². The number of rotatable bonds is 25. The molecule has 5 rings (SSSR count). The number of aliphatic imine (C=N–C) groups is 1. The van der Waals surface area contributed by atoms with Gasteiger partial charge in [-0.3, -0.25) is 9.69 Å². The molecule has 0 aliphatic carbocycles. The minimum Gasteiger partial charge on any atom is -0.444 e. The Hall–Kier alpha value is -4.64. The Morgan fingerprint density at radius 3 is 2.06 bits per heavy atom. The molecule has 3 aromatic rings. The Morgan fingerprint density at radius 2 is 1.46 bits per heavy atom. The van der Waals surface area contributed by atoms with E-state index in [4.69, 9.17) is 16.2 Å². The second-order valence-corrected chi connectivity index (χ2v) is 21.5. The number of alkyl carbamates (subject to hydrolysis) is 1. The molecule has 2 amide bonds. The van der Waals surface area contributed by atoms with E-state index in [0.717, 1.165) is 30.6 Å². The van der Waals surface area contributed by atoms with Gasteiger partial charge in [0.1, 0.15) is 11.4 Å². The van der Waals surface area contributed by atoms with E-state index in [2.05, 4.69) is 85.5 Å². The van der Waals surface area contributed by atoms with Crippen LogP contribution in [0.3, 0.4) is 0 Å². The predicted octanol–water partition coefficient (Wildman–Crippen LogP) is 10.1. The second kappa shape index (κ2) is 35.5. The number of unbranched alkanes of at least 4 members (excludes halogenated alkanes) is 3. The van der Waals surface area contributed by atoms with Crippen LogP contribution in [0.2, 0.25) is 0 Å². The van der Waals surface area contributed by atoms with E-state index in [0.29, 0.717) is 61.8 Å². The molecule has 2 aliphatic heterocycles. The maximum absolute atomic E-state index is 13.6. The number of carbonyl (C=O) groups is 2. The molecule has 15 heteroatoms.